The van der Waals surface area contributed by atoms with E-state index in [4.69, 9.17) is 15.6 Å². The van der Waals surface area contributed by atoms with Gasteiger partial charge in [-0.1, -0.05) is 0 Å². The summed E-state index contributed by atoms with van der Waals surface area (Å²) in [5.74, 6) is 0.0695. The lowest BCUT2D eigenvalue weighted by Crippen LogP contribution is -2.30. The molecular weight excluding hydrogens is 255 g/mol. The van der Waals surface area contributed by atoms with Crippen molar-refractivity contribution >= 4 is 17.0 Å². The highest BCUT2D eigenvalue weighted by molar-refractivity contribution is 5.76. The first kappa shape index (κ1) is 12.3. The van der Waals surface area contributed by atoms with Gasteiger partial charge < -0.3 is 25.3 Å². The van der Waals surface area contributed by atoms with E-state index in [1.807, 2.05) is 0 Å². The number of hydrogen-bond donors (Lipinski definition) is 3. The number of aliphatic hydroxyl groups excluding tert-OH is 2. The molecule has 7 nitrogen and oxygen atoms in total. The molecule has 2 aromatic rings. The fraction of sp³-hybridized carbons (Fsp3) is 0.455. The molecule has 0 amide bonds. The van der Waals surface area contributed by atoms with Crippen LogP contribution in [0.3, 0.4) is 0 Å². The summed E-state index contributed by atoms with van der Waals surface area (Å²) >= 11 is 0. The van der Waals surface area contributed by atoms with E-state index < -0.39 is 31.2 Å². The van der Waals surface area contributed by atoms with Gasteiger partial charge in [0, 0.05) is 17.8 Å². The third-order valence-electron chi connectivity index (χ3n) is 3.22. The maximum absolute atomic E-state index is 14.0. The van der Waals surface area contributed by atoms with E-state index in [9.17, 15) is 9.50 Å². The largest absolute Gasteiger partial charge is 0.394 e. The minimum absolute atomic E-state index is 0.0695. The second kappa shape index (κ2) is 4.41. The number of aromatic nitrogens is 3. The fourth-order valence-electron chi connectivity index (χ4n) is 2.23. The smallest absolute Gasteiger partial charge is 0.221 e. The van der Waals surface area contributed by atoms with Crippen molar-refractivity contribution in [3.63, 3.8) is 0 Å². The van der Waals surface area contributed by atoms with Gasteiger partial charge in [0.25, 0.3) is 0 Å². The van der Waals surface area contributed by atoms with Crippen molar-refractivity contribution in [2.24, 2.45) is 0 Å². The molecule has 4 N–H and O–H groups in total. The number of halogens is 1. The third kappa shape index (κ3) is 1.84. The molecule has 0 bridgehead atoms. The zero-order chi connectivity index (χ0) is 13.6. The number of aliphatic hydroxyl groups is 2. The van der Waals surface area contributed by atoms with Crippen LogP contribution < -0.4 is 5.73 Å². The van der Waals surface area contributed by atoms with Crippen molar-refractivity contribution < 1.29 is 19.3 Å². The molecule has 1 aliphatic rings. The third-order valence-corrected chi connectivity index (χ3v) is 3.22. The van der Waals surface area contributed by atoms with Gasteiger partial charge in [0.05, 0.1) is 6.61 Å². The Morgan fingerprint density at radius 1 is 1.53 bits per heavy atom. The molecule has 19 heavy (non-hydrogen) atoms. The Balaban J connectivity index is 2.03. The molecule has 4 unspecified atom stereocenters. The highest BCUT2D eigenvalue weighted by Gasteiger charge is 2.45. The Bertz CT molecular complexity index is 605. The topological polar surface area (TPSA) is 106 Å². The number of hydrogen-bond acceptors (Lipinski definition) is 6. The fourth-order valence-corrected chi connectivity index (χ4v) is 2.23. The number of rotatable bonds is 2. The summed E-state index contributed by atoms with van der Waals surface area (Å²) in [6.45, 7) is -0.450. The average Bonchev–Trinajstić information content (AvgIpc) is 2.92. The van der Waals surface area contributed by atoms with Crippen molar-refractivity contribution in [2.45, 2.75) is 24.6 Å². The van der Waals surface area contributed by atoms with E-state index in [1.54, 1.807) is 12.3 Å². The molecule has 1 saturated heterocycles. The van der Waals surface area contributed by atoms with E-state index in [0.29, 0.717) is 11.0 Å². The zero-order valence-electron chi connectivity index (χ0n) is 9.85. The summed E-state index contributed by atoms with van der Waals surface area (Å²) in [5.41, 5.74) is 5.93. The van der Waals surface area contributed by atoms with Gasteiger partial charge in [0.15, 0.2) is 12.4 Å². The van der Waals surface area contributed by atoms with Crippen LogP contribution in [-0.4, -0.2) is 49.7 Å². The summed E-state index contributed by atoms with van der Waals surface area (Å²) in [7, 11) is 0. The molecule has 0 aliphatic carbocycles. The number of fused-ring (bicyclic) bond motifs is 1. The van der Waals surface area contributed by atoms with Crippen molar-refractivity contribution in [2.75, 3.05) is 12.3 Å². The van der Waals surface area contributed by atoms with E-state index >= 15 is 0 Å². The highest BCUT2D eigenvalue weighted by atomic mass is 19.1. The van der Waals surface area contributed by atoms with Gasteiger partial charge in [-0.25, -0.2) is 9.37 Å². The lowest BCUT2D eigenvalue weighted by Gasteiger charge is -2.15. The van der Waals surface area contributed by atoms with Crippen LogP contribution in [-0.2, 0) is 4.74 Å². The van der Waals surface area contributed by atoms with Crippen LogP contribution in [0, 0.1) is 0 Å². The molecule has 0 saturated carbocycles. The molecule has 102 valence electrons. The van der Waals surface area contributed by atoms with Crippen LogP contribution in [0.25, 0.3) is 11.0 Å². The van der Waals surface area contributed by atoms with Crippen molar-refractivity contribution in [1.82, 2.24) is 14.5 Å². The predicted octanol–water partition coefficient (Wildman–Crippen LogP) is -0.398. The first-order valence-electron chi connectivity index (χ1n) is 5.79. The predicted molar refractivity (Wildman–Crippen MR) is 63.8 cm³/mol. The van der Waals surface area contributed by atoms with E-state index in [-0.39, 0.29) is 5.95 Å². The summed E-state index contributed by atoms with van der Waals surface area (Å²) in [4.78, 5) is 7.87. The number of nitrogens with two attached hydrogens (primary N) is 1. The van der Waals surface area contributed by atoms with Gasteiger partial charge in [-0.3, -0.25) is 0 Å². The molecule has 4 atom stereocenters. The van der Waals surface area contributed by atoms with Gasteiger partial charge in [-0.2, -0.15) is 4.98 Å². The molecular formula is C11H13FN4O3. The van der Waals surface area contributed by atoms with Crippen LogP contribution in [0.15, 0.2) is 18.5 Å². The lowest BCUT2D eigenvalue weighted by atomic mass is 10.1. The molecule has 1 fully saturated rings. The zero-order valence-corrected chi connectivity index (χ0v) is 9.85. The van der Waals surface area contributed by atoms with Crippen molar-refractivity contribution in [3.8, 4) is 0 Å². The Morgan fingerprint density at radius 2 is 2.32 bits per heavy atom. The maximum Gasteiger partial charge on any atom is 0.221 e. The van der Waals surface area contributed by atoms with E-state index in [1.165, 1.54) is 10.8 Å². The summed E-state index contributed by atoms with van der Waals surface area (Å²) in [5, 5.41) is 19.3. The molecule has 0 spiro atoms. The highest BCUT2D eigenvalue weighted by Crippen LogP contribution is 2.33. The lowest BCUT2D eigenvalue weighted by molar-refractivity contribution is -0.0457. The van der Waals surface area contributed by atoms with Gasteiger partial charge in [-0.05, 0) is 6.07 Å². The van der Waals surface area contributed by atoms with Gasteiger partial charge in [0.1, 0.15) is 17.9 Å². The quantitative estimate of drug-likeness (QED) is 0.684. The van der Waals surface area contributed by atoms with Crippen LogP contribution in [0.4, 0.5) is 10.3 Å². The first-order chi connectivity index (χ1) is 9.11. The van der Waals surface area contributed by atoms with Crippen molar-refractivity contribution in [1.29, 1.82) is 0 Å². The Kier molecular flexibility index (Phi) is 2.85. The second-order valence-corrected chi connectivity index (χ2v) is 4.41. The standard InChI is InChI=1S/C11H13FN4O3/c12-7-8(18)6(4-17)19-10(7)16-2-1-5-3-14-11(13)15-9(5)16/h1-3,6-8,10,17-18H,4H2,(H2,13,14,15). The van der Waals surface area contributed by atoms with Gasteiger partial charge in [-0.15, -0.1) is 0 Å². The minimum atomic E-state index is -1.65. The number of ether oxygens (including phenoxy) is 1. The molecule has 3 heterocycles. The summed E-state index contributed by atoms with van der Waals surface area (Å²) in [6.07, 6.45) is -1.90. The summed E-state index contributed by atoms with van der Waals surface area (Å²) in [6, 6.07) is 1.70. The Morgan fingerprint density at radius 3 is 3.00 bits per heavy atom. The SMILES string of the molecule is Nc1ncc2ccn(C3OC(CO)C(O)C3F)c2n1. The monoisotopic (exact) mass is 268 g/mol. The molecule has 3 rings (SSSR count). The van der Waals surface area contributed by atoms with Crippen LogP contribution in [0.2, 0.25) is 0 Å². The van der Waals surface area contributed by atoms with Gasteiger partial charge in [0.2, 0.25) is 5.95 Å². The first-order valence-corrected chi connectivity index (χ1v) is 5.79. The maximum atomic E-state index is 14.0. The van der Waals surface area contributed by atoms with Crippen LogP contribution in [0.1, 0.15) is 6.23 Å². The molecule has 0 radical (unpaired) electrons. The Hall–Kier alpha value is -1.77. The summed E-state index contributed by atoms with van der Waals surface area (Å²) < 4.78 is 20.8. The molecule has 0 aromatic carbocycles. The number of nitrogens with zero attached hydrogens (tertiary/aromatic N) is 3. The Labute approximate surface area is 107 Å². The number of alkyl halides is 1. The second-order valence-electron chi connectivity index (χ2n) is 4.41. The van der Waals surface area contributed by atoms with Crippen molar-refractivity contribution in [3.05, 3.63) is 18.5 Å². The van der Waals surface area contributed by atoms with Crippen LogP contribution >= 0.6 is 0 Å². The number of anilines is 1. The molecule has 2 aromatic heterocycles. The molecule has 1 aliphatic heterocycles. The van der Waals surface area contributed by atoms with Crippen LogP contribution in [0.5, 0.6) is 0 Å². The molecule has 8 heteroatoms. The average molecular weight is 268 g/mol. The minimum Gasteiger partial charge on any atom is -0.394 e. The number of nitrogen functional groups attached to an aromatic ring is 1. The normalized spacial score (nSPS) is 31.1. The van der Waals surface area contributed by atoms with E-state index in [0.717, 1.165) is 0 Å². The van der Waals surface area contributed by atoms with E-state index in [2.05, 4.69) is 9.97 Å². The van der Waals surface area contributed by atoms with Gasteiger partial charge >= 0.3 is 0 Å².